The summed E-state index contributed by atoms with van der Waals surface area (Å²) in [6.45, 7) is 6.24. The van der Waals surface area contributed by atoms with E-state index in [1.165, 1.54) is 23.5 Å². The summed E-state index contributed by atoms with van der Waals surface area (Å²) in [5.41, 5.74) is 3.70. The van der Waals surface area contributed by atoms with Gasteiger partial charge in [-0.1, -0.05) is 32.9 Å². The van der Waals surface area contributed by atoms with Gasteiger partial charge in [-0.3, -0.25) is 11.3 Å². The number of hydrazine groups is 1. The summed E-state index contributed by atoms with van der Waals surface area (Å²) in [6.07, 6.45) is 0.414. The maximum Gasteiger partial charge on any atom is 0.163 e. The van der Waals surface area contributed by atoms with Gasteiger partial charge in [-0.25, -0.2) is 13.8 Å². The molecule has 1 aromatic carbocycles. The van der Waals surface area contributed by atoms with Crippen LogP contribution >= 0.6 is 11.3 Å². The van der Waals surface area contributed by atoms with Crippen molar-refractivity contribution >= 4 is 11.3 Å². The minimum absolute atomic E-state index is 0.0372. The summed E-state index contributed by atoms with van der Waals surface area (Å²) in [5.74, 6) is 3.76. The highest BCUT2D eigenvalue weighted by Crippen LogP contribution is 2.27. The predicted molar refractivity (Wildman–Crippen MR) is 80.9 cm³/mol. The lowest BCUT2D eigenvalue weighted by Gasteiger charge is -2.17. The van der Waals surface area contributed by atoms with Crippen LogP contribution in [0.1, 0.15) is 43.1 Å². The van der Waals surface area contributed by atoms with Crippen molar-refractivity contribution in [2.45, 2.75) is 38.6 Å². The number of nitrogens with one attached hydrogen (secondary N) is 1. The van der Waals surface area contributed by atoms with Crippen molar-refractivity contribution in [2.24, 2.45) is 5.84 Å². The number of thiazole rings is 1. The Morgan fingerprint density at radius 3 is 2.62 bits per heavy atom. The van der Waals surface area contributed by atoms with Crippen LogP contribution in [0.15, 0.2) is 23.6 Å². The third-order valence-electron chi connectivity index (χ3n) is 3.26. The van der Waals surface area contributed by atoms with E-state index in [1.54, 1.807) is 0 Å². The van der Waals surface area contributed by atoms with Gasteiger partial charge in [0.15, 0.2) is 11.6 Å². The molecular formula is C15H19F2N3S. The summed E-state index contributed by atoms with van der Waals surface area (Å²) < 4.78 is 27.2. The Morgan fingerprint density at radius 1 is 1.33 bits per heavy atom. The van der Waals surface area contributed by atoms with E-state index in [0.717, 1.165) is 16.8 Å². The van der Waals surface area contributed by atoms with E-state index in [4.69, 9.17) is 5.84 Å². The Labute approximate surface area is 127 Å². The van der Waals surface area contributed by atoms with Gasteiger partial charge < -0.3 is 0 Å². The molecule has 0 aliphatic heterocycles. The third kappa shape index (κ3) is 3.64. The van der Waals surface area contributed by atoms with Crippen molar-refractivity contribution in [1.82, 2.24) is 10.4 Å². The van der Waals surface area contributed by atoms with E-state index < -0.39 is 17.7 Å². The zero-order chi connectivity index (χ0) is 15.6. The van der Waals surface area contributed by atoms with E-state index in [9.17, 15) is 8.78 Å². The van der Waals surface area contributed by atoms with Crippen LogP contribution in [-0.2, 0) is 11.8 Å². The fraction of sp³-hybridized carbons (Fsp3) is 0.400. The molecule has 1 atom stereocenters. The first-order valence-electron chi connectivity index (χ1n) is 6.68. The van der Waals surface area contributed by atoms with Crippen molar-refractivity contribution in [3.63, 3.8) is 0 Å². The Bertz CT molecular complexity index is 620. The zero-order valence-electron chi connectivity index (χ0n) is 12.3. The minimum Gasteiger partial charge on any atom is -0.271 e. The quantitative estimate of drug-likeness (QED) is 0.671. The van der Waals surface area contributed by atoms with Gasteiger partial charge in [0.1, 0.15) is 0 Å². The molecule has 1 heterocycles. The standard InChI is InChI=1S/C15H19F2N3S/c1-15(2,3)12-8-21-13(19-12)7-11(20-18)9-5-4-6-10(16)14(9)17/h4-6,8,11,20H,7,18H2,1-3H3. The maximum absolute atomic E-state index is 13.8. The van der Waals surface area contributed by atoms with E-state index >= 15 is 0 Å². The van der Waals surface area contributed by atoms with Crippen LogP contribution in [0.3, 0.4) is 0 Å². The topological polar surface area (TPSA) is 50.9 Å². The fourth-order valence-electron chi connectivity index (χ4n) is 1.97. The highest BCUT2D eigenvalue weighted by atomic mass is 32.1. The second kappa shape index (κ2) is 6.17. The molecule has 1 unspecified atom stereocenters. The summed E-state index contributed by atoms with van der Waals surface area (Å²) in [5, 5.41) is 2.83. The Hall–Kier alpha value is -1.37. The lowest BCUT2D eigenvalue weighted by Crippen LogP contribution is -2.30. The first kappa shape index (κ1) is 16.0. The molecule has 0 saturated carbocycles. The SMILES string of the molecule is CC(C)(C)c1csc(CC(NN)c2cccc(F)c2F)n1. The van der Waals surface area contributed by atoms with E-state index in [1.807, 2.05) is 5.38 Å². The number of rotatable bonds is 4. The molecule has 2 aromatic rings. The fourth-order valence-corrected chi connectivity index (χ4v) is 3.04. The monoisotopic (exact) mass is 311 g/mol. The molecule has 0 amide bonds. The van der Waals surface area contributed by atoms with Gasteiger partial charge in [-0.2, -0.15) is 0 Å². The predicted octanol–water partition coefficient (Wildman–Crippen LogP) is 3.47. The van der Waals surface area contributed by atoms with Crippen molar-refractivity contribution in [3.05, 3.63) is 51.5 Å². The molecule has 3 nitrogen and oxygen atoms in total. The zero-order valence-corrected chi connectivity index (χ0v) is 13.1. The Morgan fingerprint density at radius 2 is 2.05 bits per heavy atom. The molecule has 0 radical (unpaired) electrons. The van der Waals surface area contributed by atoms with Gasteiger partial charge in [0.2, 0.25) is 0 Å². The number of hydrogen-bond donors (Lipinski definition) is 2. The first-order chi connectivity index (χ1) is 9.82. The number of benzene rings is 1. The normalized spacial score (nSPS) is 13.4. The van der Waals surface area contributed by atoms with Crippen LogP contribution in [0, 0.1) is 11.6 Å². The summed E-state index contributed by atoms with van der Waals surface area (Å²) in [7, 11) is 0. The van der Waals surface area contributed by atoms with Crippen molar-refractivity contribution in [2.75, 3.05) is 0 Å². The molecule has 1 aromatic heterocycles. The van der Waals surface area contributed by atoms with Crippen LogP contribution in [0.2, 0.25) is 0 Å². The largest absolute Gasteiger partial charge is 0.271 e. The third-order valence-corrected chi connectivity index (χ3v) is 4.13. The van der Waals surface area contributed by atoms with Gasteiger partial charge in [-0.05, 0) is 6.07 Å². The highest BCUT2D eigenvalue weighted by molar-refractivity contribution is 7.09. The minimum atomic E-state index is -0.873. The van der Waals surface area contributed by atoms with Crippen LogP contribution in [0.5, 0.6) is 0 Å². The maximum atomic E-state index is 13.8. The summed E-state index contributed by atoms with van der Waals surface area (Å²) >= 11 is 1.50. The van der Waals surface area contributed by atoms with Gasteiger partial charge in [0.25, 0.3) is 0 Å². The average molecular weight is 311 g/mol. The second-order valence-electron chi connectivity index (χ2n) is 5.94. The lowest BCUT2D eigenvalue weighted by atomic mass is 9.93. The van der Waals surface area contributed by atoms with Gasteiger partial charge in [-0.15, -0.1) is 11.3 Å². The second-order valence-corrected chi connectivity index (χ2v) is 6.89. The molecule has 0 aliphatic carbocycles. The van der Waals surface area contributed by atoms with Crippen LogP contribution in [-0.4, -0.2) is 4.98 Å². The molecule has 3 N–H and O–H groups in total. The van der Waals surface area contributed by atoms with Crippen molar-refractivity contribution < 1.29 is 8.78 Å². The average Bonchev–Trinajstić information content (AvgIpc) is 2.88. The van der Waals surface area contributed by atoms with Crippen LogP contribution in [0.4, 0.5) is 8.78 Å². The molecule has 0 aliphatic rings. The molecule has 0 saturated heterocycles. The van der Waals surface area contributed by atoms with E-state index in [2.05, 4.69) is 31.2 Å². The highest BCUT2D eigenvalue weighted by Gasteiger charge is 2.21. The molecule has 2 rings (SSSR count). The Kier molecular flexibility index (Phi) is 4.70. The molecule has 6 heteroatoms. The Balaban J connectivity index is 2.23. The summed E-state index contributed by atoms with van der Waals surface area (Å²) in [6, 6.07) is 3.58. The lowest BCUT2D eigenvalue weighted by molar-refractivity contribution is 0.463. The number of halogens is 2. The van der Waals surface area contributed by atoms with Crippen LogP contribution in [0.25, 0.3) is 0 Å². The number of nitrogens with zero attached hydrogens (tertiary/aromatic N) is 1. The molecule has 0 spiro atoms. The molecule has 0 bridgehead atoms. The number of aromatic nitrogens is 1. The van der Waals surface area contributed by atoms with Crippen molar-refractivity contribution in [1.29, 1.82) is 0 Å². The number of nitrogens with two attached hydrogens (primary N) is 1. The van der Waals surface area contributed by atoms with Crippen LogP contribution < -0.4 is 11.3 Å². The van der Waals surface area contributed by atoms with Gasteiger partial charge in [0, 0.05) is 22.8 Å². The smallest absolute Gasteiger partial charge is 0.163 e. The van der Waals surface area contributed by atoms with E-state index in [-0.39, 0.29) is 11.0 Å². The molecule has 114 valence electrons. The molecular weight excluding hydrogens is 292 g/mol. The van der Waals surface area contributed by atoms with Gasteiger partial charge in [0.05, 0.1) is 16.7 Å². The van der Waals surface area contributed by atoms with Crippen molar-refractivity contribution in [3.8, 4) is 0 Å². The molecule has 0 fully saturated rings. The first-order valence-corrected chi connectivity index (χ1v) is 7.56. The number of hydrogen-bond acceptors (Lipinski definition) is 4. The molecule has 21 heavy (non-hydrogen) atoms. The van der Waals surface area contributed by atoms with Gasteiger partial charge >= 0.3 is 0 Å². The van der Waals surface area contributed by atoms with E-state index in [0.29, 0.717) is 6.42 Å². The summed E-state index contributed by atoms with van der Waals surface area (Å²) in [4.78, 5) is 4.55.